The molecule has 2 aliphatic rings. The van der Waals surface area contributed by atoms with Gasteiger partial charge in [-0.15, -0.1) is 0 Å². The molecule has 2 saturated heterocycles. The standard InChI is InChI=1S/C13H20BrN3O3/c1-16-12(10(14)8-15-16)13(18)2-5-20-9-11(13)17-3-6-19-7-4-17/h8,11,18H,2-7,9H2,1H3/t11-,13-/m1/s1. The number of hydrogen-bond donors (Lipinski definition) is 1. The quantitative estimate of drug-likeness (QED) is 0.845. The van der Waals surface area contributed by atoms with Crippen LogP contribution in [0.1, 0.15) is 12.1 Å². The number of aliphatic hydroxyl groups is 1. The number of halogens is 1. The van der Waals surface area contributed by atoms with Gasteiger partial charge in [0.2, 0.25) is 0 Å². The third kappa shape index (κ3) is 2.42. The summed E-state index contributed by atoms with van der Waals surface area (Å²) in [5, 5.41) is 15.6. The van der Waals surface area contributed by atoms with Gasteiger partial charge in [-0.1, -0.05) is 0 Å². The Kier molecular flexibility index (Phi) is 4.14. The lowest BCUT2D eigenvalue weighted by atomic mass is 9.84. The van der Waals surface area contributed by atoms with Crippen molar-refractivity contribution in [3.63, 3.8) is 0 Å². The molecule has 1 aromatic rings. The fourth-order valence-corrected chi connectivity index (χ4v) is 3.89. The molecule has 2 aliphatic heterocycles. The first-order valence-electron chi connectivity index (χ1n) is 6.93. The number of hydrogen-bond acceptors (Lipinski definition) is 5. The van der Waals surface area contributed by atoms with Crippen molar-refractivity contribution < 1.29 is 14.6 Å². The minimum atomic E-state index is -0.945. The zero-order valence-corrected chi connectivity index (χ0v) is 13.2. The average Bonchev–Trinajstić information content (AvgIpc) is 2.80. The van der Waals surface area contributed by atoms with E-state index in [0.717, 1.165) is 23.3 Å². The Hall–Kier alpha value is -0.470. The topological polar surface area (TPSA) is 59.8 Å². The van der Waals surface area contributed by atoms with Crippen molar-refractivity contribution in [1.82, 2.24) is 14.7 Å². The van der Waals surface area contributed by atoms with E-state index in [-0.39, 0.29) is 6.04 Å². The average molecular weight is 346 g/mol. The Balaban J connectivity index is 1.94. The number of aromatic nitrogens is 2. The molecular weight excluding hydrogens is 326 g/mol. The highest BCUT2D eigenvalue weighted by molar-refractivity contribution is 9.10. The molecule has 112 valence electrons. The summed E-state index contributed by atoms with van der Waals surface area (Å²) in [7, 11) is 1.86. The first-order valence-corrected chi connectivity index (χ1v) is 7.72. The van der Waals surface area contributed by atoms with E-state index < -0.39 is 5.60 Å². The Morgan fingerprint density at radius 3 is 2.75 bits per heavy atom. The predicted octanol–water partition coefficient (Wildman–Crippen LogP) is 0.491. The Labute approximate surface area is 126 Å². The number of rotatable bonds is 2. The number of morpholine rings is 1. The molecule has 0 amide bonds. The van der Waals surface area contributed by atoms with Gasteiger partial charge in [-0.25, -0.2) is 0 Å². The Bertz CT molecular complexity index is 456. The summed E-state index contributed by atoms with van der Waals surface area (Å²) < 4.78 is 13.6. The third-order valence-corrected chi connectivity index (χ3v) is 4.83. The molecule has 1 N–H and O–H groups in total. The summed E-state index contributed by atoms with van der Waals surface area (Å²) in [5.74, 6) is 0. The maximum atomic E-state index is 11.4. The lowest BCUT2D eigenvalue weighted by Gasteiger charge is -2.46. The van der Waals surface area contributed by atoms with Crippen LogP contribution in [0.5, 0.6) is 0 Å². The van der Waals surface area contributed by atoms with Gasteiger partial charge in [0.25, 0.3) is 0 Å². The molecule has 0 bridgehead atoms. The highest BCUT2D eigenvalue weighted by Crippen LogP contribution is 2.38. The van der Waals surface area contributed by atoms with E-state index in [2.05, 4.69) is 25.9 Å². The maximum absolute atomic E-state index is 11.4. The molecule has 0 aliphatic carbocycles. The highest BCUT2D eigenvalue weighted by Gasteiger charge is 2.47. The van der Waals surface area contributed by atoms with Gasteiger partial charge in [0.15, 0.2) is 0 Å². The van der Waals surface area contributed by atoms with E-state index in [1.54, 1.807) is 10.9 Å². The fourth-order valence-electron chi connectivity index (χ4n) is 3.20. The van der Waals surface area contributed by atoms with Gasteiger partial charge in [-0.2, -0.15) is 5.10 Å². The lowest BCUT2D eigenvalue weighted by Crippen LogP contribution is -2.59. The molecule has 7 heteroatoms. The van der Waals surface area contributed by atoms with Gasteiger partial charge in [0.05, 0.1) is 42.2 Å². The molecule has 0 aromatic carbocycles. The zero-order valence-electron chi connectivity index (χ0n) is 11.6. The number of aryl methyl sites for hydroxylation is 1. The minimum absolute atomic E-state index is 0.0631. The molecular formula is C13H20BrN3O3. The molecule has 1 aromatic heterocycles. The molecule has 3 rings (SSSR count). The second kappa shape index (κ2) is 5.73. The first kappa shape index (κ1) is 14.5. The summed E-state index contributed by atoms with van der Waals surface area (Å²) >= 11 is 3.51. The molecule has 0 spiro atoms. The second-order valence-electron chi connectivity index (χ2n) is 5.38. The van der Waals surface area contributed by atoms with Gasteiger partial charge in [-0.05, 0) is 15.9 Å². The molecule has 3 heterocycles. The molecule has 0 radical (unpaired) electrons. The molecule has 0 unspecified atom stereocenters. The third-order valence-electron chi connectivity index (χ3n) is 4.25. The largest absolute Gasteiger partial charge is 0.382 e. The number of nitrogens with zero attached hydrogens (tertiary/aromatic N) is 3. The van der Waals surface area contributed by atoms with E-state index in [1.807, 2.05) is 7.05 Å². The van der Waals surface area contributed by atoms with Crippen molar-refractivity contribution in [3.8, 4) is 0 Å². The van der Waals surface area contributed by atoms with E-state index >= 15 is 0 Å². The fraction of sp³-hybridized carbons (Fsp3) is 0.769. The van der Waals surface area contributed by atoms with Crippen molar-refractivity contribution in [2.45, 2.75) is 18.1 Å². The summed E-state index contributed by atoms with van der Waals surface area (Å²) in [4.78, 5) is 2.27. The highest BCUT2D eigenvalue weighted by atomic mass is 79.9. The van der Waals surface area contributed by atoms with Crippen LogP contribution in [0, 0.1) is 0 Å². The van der Waals surface area contributed by atoms with Gasteiger partial charge < -0.3 is 14.6 Å². The maximum Gasteiger partial charge on any atom is 0.127 e. The number of ether oxygens (including phenoxy) is 2. The molecule has 20 heavy (non-hydrogen) atoms. The van der Waals surface area contributed by atoms with Crippen LogP contribution in [-0.2, 0) is 22.1 Å². The normalized spacial score (nSPS) is 32.5. The van der Waals surface area contributed by atoms with Crippen LogP contribution >= 0.6 is 15.9 Å². The minimum Gasteiger partial charge on any atom is -0.382 e. The van der Waals surface area contributed by atoms with Crippen LogP contribution in [0.3, 0.4) is 0 Å². The van der Waals surface area contributed by atoms with Gasteiger partial charge >= 0.3 is 0 Å². The van der Waals surface area contributed by atoms with Crippen LogP contribution < -0.4 is 0 Å². The van der Waals surface area contributed by atoms with Gasteiger partial charge in [0.1, 0.15) is 5.60 Å². The van der Waals surface area contributed by atoms with E-state index in [0.29, 0.717) is 32.8 Å². The SMILES string of the molecule is Cn1ncc(Br)c1[C@@]1(O)CCOC[C@H]1N1CCOCC1. The first-order chi connectivity index (χ1) is 9.63. The van der Waals surface area contributed by atoms with Crippen LogP contribution in [0.4, 0.5) is 0 Å². The van der Waals surface area contributed by atoms with Gasteiger partial charge in [-0.3, -0.25) is 9.58 Å². The zero-order chi connectivity index (χ0) is 14.2. The smallest absolute Gasteiger partial charge is 0.127 e. The monoisotopic (exact) mass is 345 g/mol. The Morgan fingerprint density at radius 1 is 1.35 bits per heavy atom. The molecule has 2 atom stereocenters. The lowest BCUT2D eigenvalue weighted by molar-refractivity contribution is -0.151. The second-order valence-corrected chi connectivity index (χ2v) is 6.23. The van der Waals surface area contributed by atoms with E-state index in [1.165, 1.54) is 0 Å². The van der Waals surface area contributed by atoms with Crippen molar-refractivity contribution in [2.24, 2.45) is 7.05 Å². The predicted molar refractivity (Wildman–Crippen MR) is 76.4 cm³/mol. The summed E-state index contributed by atoms with van der Waals surface area (Å²) in [6.07, 6.45) is 2.31. The van der Waals surface area contributed by atoms with Crippen LogP contribution in [0.25, 0.3) is 0 Å². The summed E-state index contributed by atoms with van der Waals surface area (Å²) in [5.41, 5.74) is -0.114. The van der Waals surface area contributed by atoms with Crippen molar-refractivity contribution in [3.05, 3.63) is 16.4 Å². The van der Waals surface area contributed by atoms with Crippen LogP contribution in [0.2, 0.25) is 0 Å². The van der Waals surface area contributed by atoms with Crippen molar-refractivity contribution in [1.29, 1.82) is 0 Å². The van der Waals surface area contributed by atoms with Crippen LogP contribution in [-0.4, -0.2) is 65.3 Å². The Morgan fingerprint density at radius 2 is 2.10 bits per heavy atom. The van der Waals surface area contributed by atoms with E-state index in [4.69, 9.17) is 9.47 Å². The molecule has 2 fully saturated rings. The van der Waals surface area contributed by atoms with Crippen molar-refractivity contribution in [2.75, 3.05) is 39.5 Å². The van der Waals surface area contributed by atoms with Gasteiger partial charge in [0, 0.05) is 33.2 Å². The summed E-state index contributed by atoms with van der Waals surface area (Å²) in [6, 6.07) is -0.0631. The molecule has 6 nitrogen and oxygen atoms in total. The van der Waals surface area contributed by atoms with Crippen LogP contribution in [0.15, 0.2) is 10.7 Å². The van der Waals surface area contributed by atoms with E-state index in [9.17, 15) is 5.11 Å². The van der Waals surface area contributed by atoms with Crippen molar-refractivity contribution >= 4 is 15.9 Å². The molecule has 0 saturated carbocycles. The summed E-state index contributed by atoms with van der Waals surface area (Å²) in [6.45, 7) is 4.17.